The van der Waals surface area contributed by atoms with Gasteiger partial charge in [-0.1, -0.05) is 12.1 Å². The Kier molecular flexibility index (Phi) is 5.58. The number of nitrogens with zero attached hydrogens (tertiary/aromatic N) is 4. The number of rotatable bonds is 5. The molecule has 4 rings (SSSR count). The highest BCUT2D eigenvalue weighted by molar-refractivity contribution is 5.66. The van der Waals surface area contributed by atoms with Crippen molar-refractivity contribution in [3.8, 4) is 17.0 Å². The number of hydrogen-bond donors (Lipinski definition) is 0. The Balaban J connectivity index is 1.44. The Morgan fingerprint density at radius 2 is 1.96 bits per heavy atom. The maximum atomic E-state index is 13.3. The molecule has 3 aromatic rings. The molecular formula is C22H23FN4O. The second-order valence-electron chi connectivity index (χ2n) is 7.06. The van der Waals surface area contributed by atoms with Gasteiger partial charge in [-0.2, -0.15) is 0 Å². The van der Waals surface area contributed by atoms with Gasteiger partial charge in [0.2, 0.25) is 0 Å². The summed E-state index contributed by atoms with van der Waals surface area (Å²) in [5.74, 6) is 1.74. The summed E-state index contributed by atoms with van der Waals surface area (Å²) >= 11 is 0. The average molecular weight is 378 g/mol. The summed E-state index contributed by atoms with van der Waals surface area (Å²) < 4.78 is 18.8. The van der Waals surface area contributed by atoms with Crippen molar-refractivity contribution in [2.75, 3.05) is 20.2 Å². The normalized spacial score (nSPS) is 15.5. The first-order chi connectivity index (χ1) is 13.7. The summed E-state index contributed by atoms with van der Waals surface area (Å²) in [5.41, 5.74) is 2.77. The number of para-hydroxylation sites is 1. The minimum Gasteiger partial charge on any atom is -0.496 e. The van der Waals surface area contributed by atoms with Gasteiger partial charge < -0.3 is 4.74 Å². The van der Waals surface area contributed by atoms with Crippen LogP contribution in [0.2, 0.25) is 0 Å². The van der Waals surface area contributed by atoms with Crippen molar-refractivity contribution in [3.63, 3.8) is 0 Å². The molecule has 0 amide bonds. The van der Waals surface area contributed by atoms with E-state index in [1.54, 1.807) is 19.4 Å². The van der Waals surface area contributed by atoms with E-state index >= 15 is 0 Å². The summed E-state index contributed by atoms with van der Waals surface area (Å²) in [6, 6.07) is 11.4. The van der Waals surface area contributed by atoms with Crippen LogP contribution in [0.1, 0.15) is 30.1 Å². The predicted molar refractivity (Wildman–Crippen MR) is 105 cm³/mol. The highest BCUT2D eigenvalue weighted by Gasteiger charge is 2.23. The van der Waals surface area contributed by atoms with E-state index in [1.807, 2.05) is 36.5 Å². The van der Waals surface area contributed by atoms with Gasteiger partial charge in [0.25, 0.3) is 0 Å². The Bertz CT molecular complexity index is 941. The molecular weight excluding hydrogens is 355 g/mol. The Morgan fingerprint density at radius 3 is 2.75 bits per heavy atom. The highest BCUT2D eigenvalue weighted by atomic mass is 19.1. The van der Waals surface area contributed by atoms with E-state index in [4.69, 9.17) is 9.72 Å². The fraction of sp³-hybridized carbons (Fsp3) is 0.318. The molecule has 144 valence electrons. The lowest BCUT2D eigenvalue weighted by molar-refractivity contribution is 0.201. The lowest BCUT2D eigenvalue weighted by Gasteiger charge is -2.31. The third-order valence-electron chi connectivity index (χ3n) is 5.18. The number of aromatic nitrogens is 3. The molecule has 1 aliphatic heterocycles. The molecule has 0 atom stereocenters. The first-order valence-electron chi connectivity index (χ1n) is 9.51. The molecule has 0 aliphatic carbocycles. The summed E-state index contributed by atoms with van der Waals surface area (Å²) in [7, 11) is 1.67. The number of hydrogen-bond acceptors (Lipinski definition) is 5. The largest absolute Gasteiger partial charge is 0.496 e. The number of benzene rings is 1. The van der Waals surface area contributed by atoms with Crippen molar-refractivity contribution in [1.82, 2.24) is 19.9 Å². The average Bonchev–Trinajstić information content (AvgIpc) is 2.74. The number of piperidine rings is 1. The van der Waals surface area contributed by atoms with Crippen LogP contribution in [-0.2, 0) is 6.54 Å². The number of pyridine rings is 1. The van der Waals surface area contributed by atoms with Crippen LogP contribution in [0.5, 0.6) is 5.75 Å². The summed E-state index contributed by atoms with van der Waals surface area (Å²) in [6.07, 6.45) is 6.77. The van der Waals surface area contributed by atoms with E-state index in [9.17, 15) is 4.39 Å². The van der Waals surface area contributed by atoms with Crippen molar-refractivity contribution in [3.05, 3.63) is 72.2 Å². The molecule has 0 unspecified atom stereocenters. The molecule has 1 aliphatic rings. The van der Waals surface area contributed by atoms with Crippen LogP contribution < -0.4 is 4.74 Å². The fourth-order valence-electron chi connectivity index (χ4n) is 3.73. The molecule has 6 heteroatoms. The van der Waals surface area contributed by atoms with E-state index in [2.05, 4.69) is 14.9 Å². The van der Waals surface area contributed by atoms with Gasteiger partial charge in [0.15, 0.2) is 0 Å². The summed E-state index contributed by atoms with van der Waals surface area (Å²) in [4.78, 5) is 15.6. The Labute approximate surface area is 164 Å². The quantitative estimate of drug-likeness (QED) is 0.670. The molecule has 1 saturated heterocycles. The Hall–Kier alpha value is -2.86. The third kappa shape index (κ3) is 4.17. The van der Waals surface area contributed by atoms with Gasteiger partial charge in [-0.3, -0.25) is 9.88 Å². The SMILES string of the molecule is COc1ccccc1-c1ccnc(C2CCN(Cc3cncc(F)c3)CC2)n1. The summed E-state index contributed by atoms with van der Waals surface area (Å²) in [5, 5.41) is 0. The maximum absolute atomic E-state index is 13.3. The van der Waals surface area contributed by atoms with Crippen molar-refractivity contribution < 1.29 is 9.13 Å². The molecule has 0 bridgehead atoms. The molecule has 0 radical (unpaired) electrons. The maximum Gasteiger partial charge on any atom is 0.141 e. The molecule has 5 nitrogen and oxygen atoms in total. The van der Waals surface area contributed by atoms with Crippen LogP contribution in [-0.4, -0.2) is 40.1 Å². The number of halogens is 1. The van der Waals surface area contributed by atoms with Gasteiger partial charge in [-0.25, -0.2) is 14.4 Å². The van der Waals surface area contributed by atoms with E-state index in [-0.39, 0.29) is 5.82 Å². The second kappa shape index (κ2) is 8.44. The summed E-state index contributed by atoms with van der Waals surface area (Å²) in [6.45, 7) is 2.59. The van der Waals surface area contributed by atoms with Crippen LogP contribution in [0, 0.1) is 5.82 Å². The van der Waals surface area contributed by atoms with Gasteiger partial charge in [0, 0.05) is 30.4 Å². The van der Waals surface area contributed by atoms with Crippen LogP contribution >= 0.6 is 0 Å². The van der Waals surface area contributed by atoms with Crippen LogP contribution in [0.25, 0.3) is 11.3 Å². The second-order valence-corrected chi connectivity index (χ2v) is 7.06. The first kappa shape index (κ1) is 18.5. The smallest absolute Gasteiger partial charge is 0.141 e. The Morgan fingerprint density at radius 1 is 1.14 bits per heavy atom. The van der Waals surface area contributed by atoms with Crippen LogP contribution in [0.3, 0.4) is 0 Å². The van der Waals surface area contributed by atoms with Gasteiger partial charge in [-0.15, -0.1) is 0 Å². The fourth-order valence-corrected chi connectivity index (χ4v) is 3.73. The zero-order chi connectivity index (χ0) is 19.3. The minimum absolute atomic E-state index is 0.283. The molecule has 1 fully saturated rings. The van der Waals surface area contributed by atoms with E-state index in [1.165, 1.54) is 6.20 Å². The van der Waals surface area contributed by atoms with Gasteiger partial charge >= 0.3 is 0 Å². The van der Waals surface area contributed by atoms with Crippen molar-refractivity contribution in [2.45, 2.75) is 25.3 Å². The topological polar surface area (TPSA) is 51.1 Å². The monoisotopic (exact) mass is 378 g/mol. The molecule has 0 saturated carbocycles. The number of likely N-dealkylation sites (tertiary alicyclic amines) is 1. The van der Waals surface area contributed by atoms with Crippen molar-refractivity contribution >= 4 is 0 Å². The van der Waals surface area contributed by atoms with Crippen molar-refractivity contribution in [1.29, 1.82) is 0 Å². The van der Waals surface area contributed by atoms with E-state index in [0.29, 0.717) is 5.92 Å². The minimum atomic E-state index is -0.283. The standard InChI is InChI=1S/C22H23FN4O/c1-28-21-5-3-2-4-19(21)20-6-9-25-22(26-20)17-7-10-27(11-8-17)15-16-12-18(23)14-24-13-16/h2-6,9,12-14,17H,7-8,10-11,15H2,1H3. The molecule has 1 aromatic carbocycles. The molecule has 2 aromatic heterocycles. The lowest BCUT2D eigenvalue weighted by Crippen LogP contribution is -2.33. The van der Waals surface area contributed by atoms with Gasteiger partial charge in [0.05, 0.1) is 19.0 Å². The van der Waals surface area contributed by atoms with E-state index in [0.717, 1.165) is 60.9 Å². The van der Waals surface area contributed by atoms with Crippen LogP contribution in [0.15, 0.2) is 55.0 Å². The molecule has 28 heavy (non-hydrogen) atoms. The van der Waals surface area contributed by atoms with Crippen LogP contribution in [0.4, 0.5) is 4.39 Å². The van der Waals surface area contributed by atoms with Crippen molar-refractivity contribution in [2.24, 2.45) is 0 Å². The first-order valence-corrected chi connectivity index (χ1v) is 9.51. The highest BCUT2D eigenvalue weighted by Crippen LogP contribution is 2.31. The predicted octanol–water partition coefficient (Wildman–Crippen LogP) is 4.07. The number of methoxy groups -OCH3 is 1. The zero-order valence-electron chi connectivity index (χ0n) is 15.9. The zero-order valence-corrected chi connectivity index (χ0v) is 15.9. The third-order valence-corrected chi connectivity index (χ3v) is 5.18. The van der Waals surface area contributed by atoms with Gasteiger partial charge in [-0.05, 0) is 55.8 Å². The lowest BCUT2D eigenvalue weighted by atomic mass is 9.95. The molecule has 3 heterocycles. The molecule has 0 spiro atoms. The van der Waals surface area contributed by atoms with E-state index < -0.39 is 0 Å². The number of ether oxygens (including phenoxy) is 1. The van der Waals surface area contributed by atoms with Gasteiger partial charge in [0.1, 0.15) is 17.4 Å². The molecule has 0 N–H and O–H groups in total.